The van der Waals surface area contributed by atoms with Gasteiger partial charge in [-0.3, -0.25) is 43.7 Å². The van der Waals surface area contributed by atoms with Crippen molar-refractivity contribution >= 4 is 52.9 Å². The van der Waals surface area contributed by atoms with Gasteiger partial charge in [-0.05, 0) is 94.1 Å². The van der Waals surface area contributed by atoms with E-state index in [9.17, 15) is 38.0 Å². The molecule has 0 aliphatic carbocycles. The number of nitrogens with two attached hydrogens (primary N) is 1. The molecule has 5 fully saturated rings. The number of piperidine rings is 4. The van der Waals surface area contributed by atoms with Crippen LogP contribution in [0.4, 0.5) is 15.9 Å². The minimum Gasteiger partial charge on any atom is -0.442 e. The highest BCUT2D eigenvalue weighted by molar-refractivity contribution is 6.18. The Morgan fingerprint density at radius 1 is 0.822 bits per heavy atom. The summed E-state index contributed by atoms with van der Waals surface area (Å²) in [5.41, 5.74) is 7.88. The molecule has 5 saturated heterocycles. The van der Waals surface area contributed by atoms with Crippen molar-refractivity contribution in [3.8, 4) is 11.3 Å². The smallest absolute Gasteiger partial charge is 0.361 e. The third-order valence-corrected chi connectivity index (χ3v) is 15.2. The van der Waals surface area contributed by atoms with Gasteiger partial charge in [-0.1, -0.05) is 30.3 Å². The number of anilines is 2. The zero-order valence-corrected chi connectivity index (χ0v) is 40.4. The van der Waals surface area contributed by atoms with Crippen LogP contribution in [0.3, 0.4) is 0 Å². The Labute approximate surface area is 421 Å². The number of hydrogen-bond acceptors (Lipinski definition) is 15. The van der Waals surface area contributed by atoms with Crippen LogP contribution in [-0.4, -0.2) is 157 Å². The molecule has 0 saturated carbocycles. The first-order chi connectivity index (χ1) is 35.3. The Kier molecular flexibility index (Phi) is 14.4. The number of aromatic nitrogens is 4. The highest BCUT2D eigenvalue weighted by atomic mass is 19.1. The molecule has 73 heavy (non-hydrogen) atoms. The molecular weight excluding hydrogens is 940 g/mol. The lowest BCUT2D eigenvalue weighted by Crippen LogP contribution is -2.58. The molecule has 0 radical (unpaired) electrons. The third-order valence-electron chi connectivity index (χ3n) is 15.2. The normalized spacial score (nSPS) is 21.5. The van der Waals surface area contributed by atoms with E-state index in [1.54, 1.807) is 41.4 Å². The van der Waals surface area contributed by atoms with Crippen molar-refractivity contribution in [1.29, 1.82) is 0 Å². The summed E-state index contributed by atoms with van der Waals surface area (Å²) in [5, 5.41) is 9.55. The number of nitrogens with one attached hydrogen (secondary N) is 2. The lowest BCUT2D eigenvalue weighted by atomic mass is 9.91. The number of carbonyl (C=O) groups excluding carboxylic acids is 7. The van der Waals surface area contributed by atoms with Gasteiger partial charge in [0, 0.05) is 87.9 Å². The summed E-state index contributed by atoms with van der Waals surface area (Å²) in [6.45, 7) is 8.30. The summed E-state index contributed by atoms with van der Waals surface area (Å²) in [7, 11) is 0. The van der Waals surface area contributed by atoms with E-state index in [4.69, 9.17) is 10.5 Å². The second-order valence-electron chi connectivity index (χ2n) is 20.0. The molecule has 10 rings (SSSR count). The Balaban J connectivity index is 0.635. The monoisotopic (exact) mass is 998 g/mol. The number of nitrogen functional groups attached to an aromatic ring is 1. The van der Waals surface area contributed by atoms with E-state index in [2.05, 4.69) is 35.5 Å². The van der Waals surface area contributed by atoms with Gasteiger partial charge in [-0.25, -0.2) is 19.2 Å². The van der Waals surface area contributed by atoms with Crippen molar-refractivity contribution in [1.82, 2.24) is 49.6 Å². The number of imide groups is 2. The molecule has 0 bridgehead atoms. The van der Waals surface area contributed by atoms with Gasteiger partial charge < -0.3 is 35.4 Å². The minimum atomic E-state index is -1.36. The predicted molar refractivity (Wildman–Crippen MR) is 262 cm³/mol. The molecule has 6 aliphatic rings. The van der Waals surface area contributed by atoms with Crippen molar-refractivity contribution in [3.63, 3.8) is 0 Å². The average Bonchev–Trinajstić information content (AvgIpc) is 3.99. The third kappa shape index (κ3) is 11.0. The van der Waals surface area contributed by atoms with Crippen LogP contribution in [0.2, 0.25) is 0 Å². The van der Waals surface area contributed by atoms with Gasteiger partial charge in [0.2, 0.25) is 23.8 Å². The van der Waals surface area contributed by atoms with Crippen molar-refractivity contribution in [3.05, 3.63) is 102 Å². The van der Waals surface area contributed by atoms with E-state index in [-0.39, 0.29) is 47.9 Å². The Hall–Kier alpha value is -7.39. The highest BCUT2D eigenvalue weighted by Gasteiger charge is 2.47. The van der Waals surface area contributed by atoms with Crippen molar-refractivity contribution < 1.29 is 42.7 Å². The fourth-order valence-corrected chi connectivity index (χ4v) is 11.0. The lowest BCUT2D eigenvalue weighted by Gasteiger charge is -2.44. The maximum atomic E-state index is 13.6. The maximum absolute atomic E-state index is 13.6. The summed E-state index contributed by atoms with van der Waals surface area (Å²) < 4.78 is 21.2. The van der Waals surface area contributed by atoms with Gasteiger partial charge in [-0.15, -0.1) is 0 Å². The standard InChI is InChI=1S/C52H59FN12O8/c53-37-6-8-38(9-7-37)57-49(69)46(34-4-2-1-3-5-34)73-52(72)45-47(54)55-26-40(58-45)35-25-56-64(31-35)39-16-20-61(21-17-39)27-32-12-18-60(19-13-32)28-33-14-22-62(23-15-33)50(70)36-29-63(30-36)42-24-44(67)65(51(42)71)41-10-11-43(66)59-48(41)68/h1-9,24-26,31-33,36,39,41,46H,10-23,27-30H2,(H2,54,55)(H,57,69)(H,59,66,68)/t41?,46-/m1/s1. The summed E-state index contributed by atoms with van der Waals surface area (Å²) >= 11 is 0. The van der Waals surface area contributed by atoms with E-state index in [1.165, 1.54) is 36.5 Å². The quantitative estimate of drug-likeness (QED) is 0.122. The minimum absolute atomic E-state index is 0.0623. The molecule has 21 heteroatoms. The molecular formula is C52H59FN12O8. The largest absolute Gasteiger partial charge is 0.442 e. The van der Waals surface area contributed by atoms with Crippen LogP contribution in [0, 0.1) is 23.6 Å². The lowest BCUT2D eigenvalue weighted by molar-refractivity contribution is -0.151. The van der Waals surface area contributed by atoms with Crippen molar-refractivity contribution in [2.24, 2.45) is 17.8 Å². The van der Waals surface area contributed by atoms with Crippen LogP contribution in [-0.2, 0) is 33.5 Å². The number of benzene rings is 2. The fourth-order valence-electron chi connectivity index (χ4n) is 11.0. The fraction of sp³-hybridized carbons (Fsp3) is 0.462. The van der Waals surface area contributed by atoms with Crippen LogP contribution < -0.4 is 16.4 Å². The zero-order chi connectivity index (χ0) is 50.8. The average molecular weight is 999 g/mol. The van der Waals surface area contributed by atoms with Gasteiger partial charge in [0.05, 0.1) is 30.0 Å². The number of esters is 1. The second kappa shape index (κ2) is 21.4. The molecule has 20 nitrogen and oxygen atoms in total. The topological polar surface area (TPSA) is 239 Å². The van der Waals surface area contributed by atoms with Gasteiger partial charge in [0.1, 0.15) is 17.6 Å². The molecule has 4 N–H and O–H groups in total. The van der Waals surface area contributed by atoms with Crippen LogP contribution in [0.1, 0.15) is 79.6 Å². The van der Waals surface area contributed by atoms with Gasteiger partial charge >= 0.3 is 5.97 Å². The number of ether oxygens (including phenoxy) is 1. The summed E-state index contributed by atoms with van der Waals surface area (Å²) in [6, 6.07) is 13.0. The summed E-state index contributed by atoms with van der Waals surface area (Å²) in [5.74, 6) is -3.37. The summed E-state index contributed by atoms with van der Waals surface area (Å²) in [6.07, 6.45) is 11.2. The molecule has 2 aromatic heterocycles. The van der Waals surface area contributed by atoms with Crippen molar-refractivity contribution in [2.75, 3.05) is 76.5 Å². The van der Waals surface area contributed by atoms with Gasteiger partial charge in [-0.2, -0.15) is 5.10 Å². The first-order valence-corrected chi connectivity index (χ1v) is 25.2. The first kappa shape index (κ1) is 49.2. The first-order valence-electron chi connectivity index (χ1n) is 25.2. The highest BCUT2D eigenvalue weighted by Crippen LogP contribution is 2.33. The number of nitrogens with zero attached hydrogens (tertiary/aromatic N) is 9. The second-order valence-corrected chi connectivity index (χ2v) is 20.0. The van der Waals surface area contributed by atoms with E-state index >= 15 is 0 Å². The molecule has 4 aromatic rings. The summed E-state index contributed by atoms with van der Waals surface area (Å²) in [4.78, 5) is 109. The number of amides is 6. The van der Waals surface area contributed by atoms with E-state index in [0.717, 1.165) is 82.7 Å². The maximum Gasteiger partial charge on any atom is 0.361 e. The molecule has 382 valence electrons. The molecule has 2 aromatic carbocycles. The van der Waals surface area contributed by atoms with Crippen LogP contribution >= 0.6 is 0 Å². The SMILES string of the molecule is Nc1ncc(-c2cnn(C3CCN(CC4CCN(CC5CCN(C(=O)C6CN(C7=CC(=O)N(C8CCC(=O)NC8=O)C7=O)C6)CC5)CC4)CC3)c2)nc1C(=O)O[C@@H](C(=O)Nc1ccc(F)cc1)c1ccccc1. The number of hydrogen-bond donors (Lipinski definition) is 3. The molecule has 2 atom stereocenters. The van der Waals surface area contributed by atoms with Crippen LogP contribution in [0.15, 0.2) is 85.0 Å². The van der Waals surface area contributed by atoms with E-state index in [0.29, 0.717) is 60.5 Å². The van der Waals surface area contributed by atoms with Crippen LogP contribution in [0.5, 0.6) is 0 Å². The number of halogens is 1. The molecule has 6 aliphatic heterocycles. The number of likely N-dealkylation sites (tertiary alicyclic amines) is 4. The number of rotatable bonds is 14. The molecule has 6 amide bonds. The van der Waals surface area contributed by atoms with E-state index < -0.39 is 53.5 Å². The van der Waals surface area contributed by atoms with Gasteiger partial charge in [0.15, 0.2) is 11.5 Å². The Morgan fingerprint density at radius 2 is 1.48 bits per heavy atom. The Bertz CT molecular complexity index is 2780. The predicted octanol–water partition coefficient (Wildman–Crippen LogP) is 3.18. The molecule has 1 unspecified atom stereocenters. The zero-order valence-electron chi connectivity index (χ0n) is 40.4. The van der Waals surface area contributed by atoms with E-state index in [1.807, 2.05) is 15.8 Å². The molecule has 0 spiro atoms. The van der Waals surface area contributed by atoms with Crippen LogP contribution in [0.25, 0.3) is 11.3 Å². The van der Waals surface area contributed by atoms with Gasteiger partial charge in [0.25, 0.3) is 17.7 Å². The molecule has 8 heterocycles. The number of carbonyl (C=O) groups is 7. The Morgan fingerprint density at radius 3 is 2.15 bits per heavy atom. The van der Waals surface area contributed by atoms with Crippen molar-refractivity contribution in [2.45, 2.75) is 69.6 Å².